The second-order valence-corrected chi connectivity index (χ2v) is 8.27. The minimum Gasteiger partial charge on any atom is -0.449 e. The zero-order valence-corrected chi connectivity index (χ0v) is 18.2. The van der Waals surface area contributed by atoms with Gasteiger partial charge in [0, 0.05) is 30.4 Å². The Labute approximate surface area is 186 Å². The molecule has 1 saturated heterocycles. The maximum Gasteiger partial charge on any atom is 0.411 e. The highest BCUT2D eigenvalue weighted by Crippen LogP contribution is 2.24. The standard InChI is InChI=1S/C22H27N7O3/c1-15(2)13-32-22(31)25-18-5-3-4-17(12-18)24-21(30)16-8-10-28(11-9-16)20-7-6-19-26-23-14-29(19)27-20/h3-7,12,14-16H,8-11,13H2,1-2H3,(H,24,30)(H,25,31). The van der Waals surface area contributed by atoms with Gasteiger partial charge in [-0.05, 0) is 49.1 Å². The Bertz CT molecular complexity index is 1090. The number of carbonyl (C=O) groups excluding carboxylic acids is 2. The van der Waals surface area contributed by atoms with E-state index in [1.807, 2.05) is 26.0 Å². The molecule has 0 unspecified atom stereocenters. The number of aromatic nitrogens is 4. The molecule has 0 aliphatic carbocycles. The van der Waals surface area contributed by atoms with Gasteiger partial charge in [-0.15, -0.1) is 15.3 Å². The number of hydrogen-bond donors (Lipinski definition) is 2. The van der Waals surface area contributed by atoms with Crippen molar-refractivity contribution in [1.82, 2.24) is 19.8 Å². The minimum absolute atomic E-state index is 0.0218. The highest BCUT2D eigenvalue weighted by Gasteiger charge is 2.26. The van der Waals surface area contributed by atoms with Gasteiger partial charge in [0.15, 0.2) is 5.65 Å². The number of rotatable bonds is 6. The Morgan fingerprint density at radius 1 is 1.12 bits per heavy atom. The molecule has 2 amide bonds. The minimum atomic E-state index is -0.507. The smallest absolute Gasteiger partial charge is 0.411 e. The second-order valence-electron chi connectivity index (χ2n) is 8.27. The van der Waals surface area contributed by atoms with Crippen LogP contribution in [0.1, 0.15) is 26.7 Å². The first-order valence-corrected chi connectivity index (χ1v) is 10.7. The van der Waals surface area contributed by atoms with E-state index in [1.165, 1.54) is 0 Å². The van der Waals surface area contributed by atoms with Crippen LogP contribution in [0.3, 0.4) is 0 Å². The van der Waals surface area contributed by atoms with Gasteiger partial charge >= 0.3 is 6.09 Å². The molecule has 1 aliphatic heterocycles. The zero-order valence-electron chi connectivity index (χ0n) is 18.2. The summed E-state index contributed by atoms with van der Waals surface area (Å²) < 4.78 is 6.78. The summed E-state index contributed by atoms with van der Waals surface area (Å²) in [6.45, 7) is 5.77. The predicted molar refractivity (Wildman–Crippen MR) is 121 cm³/mol. The van der Waals surface area contributed by atoms with Gasteiger partial charge < -0.3 is 15.0 Å². The monoisotopic (exact) mass is 437 g/mol. The van der Waals surface area contributed by atoms with Gasteiger partial charge in [-0.3, -0.25) is 10.1 Å². The van der Waals surface area contributed by atoms with Crippen molar-refractivity contribution in [3.05, 3.63) is 42.7 Å². The van der Waals surface area contributed by atoms with Gasteiger partial charge in [-0.1, -0.05) is 19.9 Å². The molecule has 32 heavy (non-hydrogen) atoms. The third-order valence-corrected chi connectivity index (χ3v) is 5.26. The van der Waals surface area contributed by atoms with Crippen molar-refractivity contribution in [1.29, 1.82) is 0 Å². The molecule has 2 N–H and O–H groups in total. The number of ether oxygens (including phenoxy) is 1. The van der Waals surface area contributed by atoms with E-state index in [2.05, 4.69) is 30.8 Å². The summed E-state index contributed by atoms with van der Waals surface area (Å²) in [6, 6.07) is 10.9. The maximum atomic E-state index is 12.8. The Hall–Kier alpha value is -3.69. The van der Waals surface area contributed by atoms with E-state index in [-0.39, 0.29) is 17.7 Å². The second kappa shape index (κ2) is 9.63. The molecule has 0 saturated carbocycles. The highest BCUT2D eigenvalue weighted by atomic mass is 16.5. The molecule has 168 valence electrons. The van der Waals surface area contributed by atoms with Crippen LogP contribution in [0.15, 0.2) is 42.7 Å². The van der Waals surface area contributed by atoms with E-state index < -0.39 is 6.09 Å². The van der Waals surface area contributed by atoms with Crippen molar-refractivity contribution in [2.24, 2.45) is 11.8 Å². The van der Waals surface area contributed by atoms with Crippen LogP contribution in [0.4, 0.5) is 22.0 Å². The van der Waals surface area contributed by atoms with Gasteiger partial charge in [0.1, 0.15) is 12.1 Å². The van der Waals surface area contributed by atoms with Crippen molar-refractivity contribution in [3.63, 3.8) is 0 Å². The van der Waals surface area contributed by atoms with Gasteiger partial charge in [0.05, 0.1) is 6.61 Å². The van der Waals surface area contributed by atoms with Crippen LogP contribution < -0.4 is 15.5 Å². The van der Waals surface area contributed by atoms with Gasteiger partial charge in [-0.25, -0.2) is 4.79 Å². The van der Waals surface area contributed by atoms with E-state index in [4.69, 9.17) is 4.74 Å². The van der Waals surface area contributed by atoms with E-state index in [0.717, 1.165) is 31.7 Å². The zero-order chi connectivity index (χ0) is 22.5. The molecule has 0 atom stereocenters. The predicted octanol–water partition coefficient (Wildman–Crippen LogP) is 3.18. The fourth-order valence-electron chi connectivity index (χ4n) is 3.57. The van der Waals surface area contributed by atoms with Crippen LogP contribution in [-0.2, 0) is 9.53 Å². The average molecular weight is 438 g/mol. The van der Waals surface area contributed by atoms with Crippen LogP contribution in [-0.4, -0.2) is 51.5 Å². The Morgan fingerprint density at radius 2 is 1.88 bits per heavy atom. The van der Waals surface area contributed by atoms with Crippen molar-refractivity contribution in [2.75, 3.05) is 35.2 Å². The third kappa shape index (κ3) is 5.32. The van der Waals surface area contributed by atoms with Crippen molar-refractivity contribution >= 4 is 34.8 Å². The summed E-state index contributed by atoms with van der Waals surface area (Å²) in [5, 5.41) is 18.0. The Morgan fingerprint density at radius 3 is 2.62 bits per heavy atom. The first-order chi connectivity index (χ1) is 15.5. The lowest BCUT2D eigenvalue weighted by molar-refractivity contribution is -0.120. The lowest BCUT2D eigenvalue weighted by Crippen LogP contribution is -2.38. The molecular weight excluding hydrogens is 410 g/mol. The summed E-state index contributed by atoms with van der Waals surface area (Å²) in [5.74, 6) is 1.00. The Kier molecular flexibility index (Phi) is 6.48. The van der Waals surface area contributed by atoms with E-state index in [1.54, 1.807) is 35.1 Å². The number of anilines is 3. The van der Waals surface area contributed by atoms with Crippen molar-refractivity contribution < 1.29 is 14.3 Å². The average Bonchev–Trinajstić information content (AvgIpc) is 3.26. The molecule has 1 aliphatic rings. The Balaban J connectivity index is 1.29. The molecule has 0 spiro atoms. The van der Waals surface area contributed by atoms with E-state index >= 15 is 0 Å². The maximum absolute atomic E-state index is 12.8. The fraction of sp³-hybridized carbons (Fsp3) is 0.409. The topological polar surface area (TPSA) is 114 Å². The molecule has 3 aromatic rings. The van der Waals surface area contributed by atoms with Crippen LogP contribution >= 0.6 is 0 Å². The number of nitrogens with zero attached hydrogens (tertiary/aromatic N) is 5. The molecule has 0 radical (unpaired) electrons. The fourth-order valence-corrected chi connectivity index (χ4v) is 3.57. The number of fused-ring (bicyclic) bond motifs is 1. The molecule has 3 heterocycles. The highest BCUT2D eigenvalue weighted by molar-refractivity contribution is 5.94. The molecule has 0 bridgehead atoms. The number of nitrogens with one attached hydrogen (secondary N) is 2. The number of amides is 2. The molecule has 1 aromatic carbocycles. The molecule has 4 rings (SSSR count). The molecule has 10 nitrogen and oxygen atoms in total. The van der Waals surface area contributed by atoms with Crippen LogP contribution in [0.2, 0.25) is 0 Å². The molecule has 10 heteroatoms. The molecular formula is C22H27N7O3. The third-order valence-electron chi connectivity index (χ3n) is 5.26. The normalized spacial score (nSPS) is 14.5. The number of hydrogen-bond acceptors (Lipinski definition) is 7. The summed E-state index contributed by atoms with van der Waals surface area (Å²) in [7, 11) is 0. The lowest BCUT2D eigenvalue weighted by atomic mass is 9.96. The summed E-state index contributed by atoms with van der Waals surface area (Å²) in [5.41, 5.74) is 1.91. The molecule has 1 fully saturated rings. The first kappa shape index (κ1) is 21.5. The van der Waals surface area contributed by atoms with E-state index in [0.29, 0.717) is 23.6 Å². The van der Waals surface area contributed by atoms with Gasteiger partial charge in [0.2, 0.25) is 5.91 Å². The quantitative estimate of drug-likeness (QED) is 0.609. The van der Waals surface area contributed by atoms with Crippen LogP contribution in [0.5, 0.6) is 0 Å². The molecule has 2 aromatic heterocycles. The first-order valence-electron chi connectivity index (χ1n) is 10.7. The largest absolute Gasteiger partial charge is 0.449 e. The van der Waals surface area contributed by atoms with Crippen molar-refractivity contribution in [2.45, 2.75) is 26.7 Å². The number of piperidine rings is 1. The summed E-state index contributed by atoms with van der Waals surface area (Å²) >= 11 is 0. The number of benzene rings is 1. The number of carbonyl (C=O) groups is 2. The van der Waals surface area contributed by atoms with Crippen LogP contribution in [0.25, 0.3) is 5.65 Å². The van der Waals surface area contributed by atoms with Gasteiger partial charge in [0.25, 0.3) is 0 Å². The summed E-state index contributed by atoms with van der Waals surface area (Å²) in [4.78, 5) is 26.8. The van der Waals surface area contributed by atoms with Crippen molar-refractivity contribution in [3.8, 4) is 0 Å². The lowest BCUT2D eigenvalue weighted by Gasteiger charge is -2.32. The SMILES string of the molecule is CC(C)COC(=O)Nc1cccc(NC(=O)C2CCN(c3ccc4nncn4n3)CC2)c1. The summed E-state index contributed by atoms with van der Waals surface area (Å²) in [6.07, 6.45) is 2.53. The van der Waals surface area contributed by atoms with Gasteiger partial charge in [-0.2, -0.15) is 4.52 Å². The van der Waals surface area contributed by atoms with E-state index in [9.17, 15) is 9.59 Å². The van der Waals surface area contributed by atoms with Crippen LogP contribution in [0, 0.1) is 11.8 Å².